The first kappa shape index (κ1) is 23.4. The number of hydrogen-bond donors (Lipinski definition) is 4. The van der Waals surface area contributed by atoms with E-state index in [-0.39, 0.29) is 18.4 Å². The Balaban J connectivity index is 1.44. The summed E-state index contributed by atoms with van der Waals surface area (Å²) >= 11 is 12.0. The number of nitrogens with zero attached hydrogens (tertiary/aromatic N) is 2. The van der Waals surface area contributed by atoms with E-state index in [0.717, 1.165) is 24.1 Å². The van der Waals surface area contributed by atoms with Crippen LogP contribution >= 0.6 is 23.2 Å². The molecule has 2 aliphatic rings. The molecular weight excluding hydrogens is 469 g/mol. The van der Waals surface area contributed by atoms with Crippen LogP contribution < -0.4 is 10.6 Å². The van der Waals surface area contributed by atoms with E-state index in [0.29, 0.717) is 41.4 Å². The SMILES string of the molecule is O=C(O)NC(Cc1ccc(Cl)c(Cl)c1)C(=O)N1CCC[C@H]1C(=O)NC1CCc2[nH]ncc2C1. The molecule has 2 heterocycles. The van der Waals surface area contributed by atoms with Crippen LogP contribution in [0.3, 0.4) is 0 Å². The van der Waals surface area contributed by atoms with Crippen LogP contribution in [0.5, 0.6) is 0 Å². The van der Waals surface area contributed by atoms with E-state index < -0.39 is 24.1 Å². The molecule has 33 heavy (non-hydrogen) atoms. The number of carbonyl (C=O) groups is 3. The topological polar surface area (TPSA) is 127 Å². The third kappa shape index (κ3) is 5.42. The summed E-state index contributed by atoms with van der Waals surface area (Å²) in [6.45, 7) is 0.395. The van der Waals surface area contributed by atoms with Gasteiger partial charge >= 0.3 is 6.09 Å². The van der Waals surface area contributed by atoms with Gasteiger partial charge in [-0.25, -0.2) is 4.79 Å². The van der Waals surface area contributed by atoms with Crippen LogP contribution in [0.15, 0.2) is 24.4 Å². The first-order valence-corrected chi connectivity index (χ1v) is 11.6. The van der Waals surface area contributed by atoms with Gasteiger partial charge in [-0.3, -0.25) is 14.7 Å². The molecular formula is C22H25Cl2N5O4. The van der Waals surface area contributed by atoms with Gasteiger partial charge in [0.05, 0.1) is 16.2 Å². The Kier molecular flexibility index (Phi) is 7.09. The first-order valence-electron chi connectivity index (χ1n) is 10.9. The molecule has 1 saturated heterocycles. The Labute approximate surface area is 200 Å². The Morgan fingerprint density at radius 3 is 2.82 bits per heavy atom. The number of aryl methyl sites for hydroxylation is 1. The molecule has 3 atom stereocenters. The quantitative estimate of drug-likeness (QED) is 0.491. The van der Waals surface area contributed by atoms with Gasteiger partial charge in [0.2, 0.25) is 11.8 Å². The second kappa shape index (κ2) is 10.0. The number of fused-ring (bicyclic) bond motifs is 1. The monoisotopic (exact) mass is 493 g/mol. The van der Waals surface area contributed by atoms with Gasteiger partial charge in [0.15, 0.2) is 0 Å². The zero-order valence-electron chi connectivity index (χ0n) is 17.8. The number of halogens is 2. The summed E-state index contributed by atoms with van der Waals surface area (Å²) in [5.41, 5.74) is 2.86. The molecule has 1 fully saturated rings. The summed E-state index contributed by atoms with van der Waals surface area (Å²) in [5, 5.41) is 22.4. The number of carboxylic acid groups (broad SMARTS) is 1. The molecule has 2 aromatic rings. The van der Waals surface area contributed by atoms with Crippen LogP contribution in [0, 0.1) is 0 Å². The highest BCUT2D eigenvalue weighted by Crippen LogP contribution is 2.25. The molecule has 0 spiro atoms. The standard InChI is InChI=1S/C22H25Cl2N5O4/c23-15-5-3-12(8-16(15)24)9-18(27-22(32)33)21(31)29-7-1-2-19(29)20(30)26-14-4-6-17-13(10-14)11-25-28-17/h3,5,8,11,14,18-19,27H,1-2,4,6-7,9-10H2,(H,25,28)(H,26,30)(H,32,33)/t14?,18?,19-/m0/s1. The van der Waals surface area contributed by atoms with Crippen molar-refractivity contribution in [3.8, 4) is 0 Å². The fourth-order valence-corrected chi connectivity index (χ4v) is 4.91. The third-order valence-electron chi connectivity index (χ3n) is 6.22. The van der Waals surface area contributed by atoms with Crippen molar-refractivity contribution in [2.45, 2.75) is 56.7 Å². The maximum Gasteiger partial charge on any atom is 0.405 e. The van der Waals surface area contributed by atoms with E-state index in [4.69, 9.17) is 23.2 Å². The van der Waals surface area contributed by atoms with Gasteiger partial charge in [-0.15, -0.1) is 0 Å². The summed E-state index contributed by atoms with van der Waals surface area (Å²) in [4.78, 5) is 39.3. The average Bonchev–Trinajstić information content (AvgIpc) is 3.44. The number of rotatable bonds is 6. The van der Waals surface area contributed by atoms with Crippen molar-refractivity contribution >= 4 is 41.1 Å². The van der Waals surface area contributed by atoms with Crippen LogP contribution in [-0.4, -0.2) is 62.8 Å². The van der Waals surface area contributed by atoms with E-state index in [1.807, 2.05) is 0 Å². The molecule has 11 heteroatoms. The number of hydrogen-bond acceptors (Lipinski definition) is 4. The number of aromatic amines is 1. The van der Waals surface area contributed by atoms with E-state index in [1.54, 1.807) is 24.4 Å². The van der Waals surface area contributed by atoms with Crippen LogP contribution in [0.25, 0.3) is 0 Å². The van der Waals surface area contributed by atoms with Gasteiger partial charge in [0.1, 0.15) is 12.1 Å². The lowest BCUT2D eigenvalue weighted by Gasteiger charge is -2.30. The number of benzene rings is 1. The van der Waals surface area contributed by atoms with E-state index in [9.17, 15) is 19.5 Å². The van der Waals surface area contributed by atoms with Crippen molar-refractivity contribution in [3.63, 3.8) is 0 Å². The van der Waals surface area contributed by atoms with Crippen LogP contribution in [0.2, 0.25) is 10.0 Å². The molecule has 1 aromatic heterocycles. The second-order valence-corrected chi connectivity index (χ2v) is 9.28. The predicted octanol–water partition coefficient (Wildman–Crippen LogP) is 2.56. The highest BCUT2D eigenvalue weighted by atomic mass is 35.5. The van der Waals surface area contributed by atoms with Crippen molar-refractivity contribution in [3.05, 3.63) is 51.3 Å². The van der Waals surface area contributed by atoms with Gasteiger partial charge in [-0.05, 0) is 55.4 Å². The first-order chi connectivity index (χ1) is 15.8. The van der Waals surface area contributed by atoms with E-state index >= 15 is 0 Å². The van der Waals surface area contributed by atoms with Crippen molar-refractivity contribution in [1.29, 1.82) is 0 Å². The molecule has 9 nitrogen and oxygen atoms in total. The minimum atomic E-state index is -1.31. The van der Waals surface area contributed by atoms with Crippen LogP contribution in [-0.2, 0) is 28.9 Å². The fourth-order valence-electron chi connectivity index (χ4n) is 4.59. The summed E-state index contributed by atoms with van der Waals surface area (Å²) in [7, 11) is 0. The molecule has 1 aliphatic heterocycles. The molecule has 0 radical (unpaired) electrons. The lowest BCUT2D eigenvalue weighted by Crippen LogP contribution is -2.55. The number of amides is 3. The largest absolute Gasteiger partial charge is 0.465 e. The minimum absolute atomic E-state index is 0.0238. The minimum Gasteiger partial charge on any atom is -0.465 e. The molecule has 3 amide bonds. The molecule has 0 bridgehead atoms. The van der Waals surface area contributed by atoms with Gasteiger partial charge < -0.3 is 20.6 Å². The fraction of sp³-hybridized carbons (Fsp3) is 0.455. The molecule has 1 aromatic carbocycles. The highest BCUT2D eigenvalue weighted by Gasteiger charge is 2.38. The molecule has 0 saturated carbocycles. The van der Waals surface area contributed by atoms with E-state index in [1.165, 1.54) is 4.90 Å². The van der Waals surface area contributed by atoms with E-state index in [2.05, 4.69) is 20.8 Å². The van der Waals surface area contributed by atoms with Crippen molar-refractivity contribution < 1.29 is 19.5 Å². The zero-order valence-corrected chi connectivity index (χ0v) is 19.3. The summed E-state index contributed by atoms with van der Waals surface area (Å²) in [6, 6.07) is 3.20. The van der Waals surface area contributed by atoms with Crippen molar-refractivity contribution in [2.24, 2.45) is 0 Å². The lowest BCUT2D eigenvalue weighted by atomic mass is 9.93. The normalized spacial score (nSPS) is 20.7. The van der Waals surface area contributed by atoms with Gasteiger partial charge in [0, 0.05) is 24.7 Å². The van der Waals surface area contributed by atoms with Gasteiger partial charge in [-0.1, -0.05) is 29.3 Å². The Bertz CT molecular complexity index is 1060. The Morgan fingerprint density at radius 2 is 2.06 bits per heavy atom. The maximum absolute atomic E-state index is 13.3. The summed E-state index contributed by atoms with van der Waals surface area (Å²) in [5.74, 6) is -0.636. The van der Waals surface area contributed by atoms with Crippen molar-refractivity contribution in [2.75, 3.05) is 6.54 Å². The van der Waals surface area contributed by atoms with Gasteiger partial charge in [0.25, 0.3) is 0 Å². The number of H-pyrrole nitrogens is 1. The number of aromatic nitrogens is 2. The molecule has 4 N–H and O–H groups in total. The molecule has 1 aliphatic carbocycles. The Hall–Kier alpha value is -2.78. The maximum atomic E-state index is 13.3. The summed E-state index contributed by atoms with van der Waals surface area (Å²) < 4.78 is 0. The van der Waals surface area contributed by atoms with Crippen molar-refractivity contribution in [1.82, 2.24) is 25.7 Å². The predicted molar refractivity (Wildman–Crippen MR) is 122 cm³/mol. The van der Waals surface area contributed by atoms with Crippen LogP contribution in [0.1, 0.15) is 36.1 Å². The third-order valence-corrected chi connectivity index (χ3v) is 6.96. The lowest BCUT2D eigenvalue weighted by molar-refractivity contribution is -0.140. The molecule has 176 valence electrons. The highest BCUT2D eigenvalue weighted by molar-refractivity contribution is 6.42. The second-order valence-electron chi connectivity index (χ2n) is 8.47. The number of carbonyl (C=O) groups excluding carboxylic acids is 2. The number of nitrogens with one attached hydrogen (secondary N) is 3. The smallest absolute Gasteiger partial charge is 0.405 e. The molecule has 2 unspecified atom stereocenters. The average molecular weight is 494 g/mol. The van der Waals surface area contributed by atoms with Crippen LogP contribution in [0.4, 0.5) is 4.79 Å². The van der Waals surface area contributed by atoms with Gasteiger partial charge in [-0.2, -0.15) is 5.10 Å². The Morgan fingerprint density at radius 1 is 1.24 bits per heavy atom. The summed E-state index contributed by atoms with van der Waals surface area (Å²) in [6.07, 6.45) is 4.07. The molecule has 4 rings (SSSR count). The zero-order chi connectivity index (χ0) is 23.5. The number of likely N-dealkylation sites (tertiary alicyclic amines) is 1.